The van der Waals surface area contributed by atoms with Crippen molar-refractivity contribution < 1.29 is 8.78 Å². The van der Waals surface area contributed by atoms with Gasteiger partial charge in [-0.1, -0.05) is 13.0 Å². The van der Waals surface area contributed by atoms with Gasteiger partial charge in [-0.3, -0.25) is 4.90 Å². The van der Waals surface area contributed by atoms with Crippen molar-refractivity contribution in [3.8, 4) is 0 Å². The molecule has 0 aliphatic heterocycles. The van der Waals surface area contributed by atoms with E-state index in [1.165, 1.54) is 12.1 Å². The van der Waals surface area contributed by atoms with Gasteiger partial charge in [0, 0.05) is 31.3 Å². The van der Waals surface area contributed by atoms with Crippen LogP contribution in [0.25, 0.3) is 0 Å². The first-order chi connectivity index (χ1) is 8.02. The van der Waals surface area contributed by atoms with Crippen LogP contribution in [0.3, 0.4) is 0 Å². The molecular formula is C13H20F2N2. The highest BCUT2D eigenvalue weighted by atomic mass is 19.1. The van der Waals surface area contributed by atoms with Crippen LogP contribution >= 0.6 is 0 Å². The summed E-state index contributed by atoms with van der Waals surface area (Å²) in [7, 11) is 4.01. The maximum atomic E-state index is 13.5. The van der Waals surface area contributed by atoms with E-state index in [4.69, 9.17) is 0 Å². The van der Waals surface area contributed by atoms with Crippen LogP contribution < -0.4 is 0 Å². The van der Waals surface area contributed by atoms with E-state index in [0.717, 1.165) is 25.7 Å². The smallest absolute Gasteiger partial charge is 0.130 e. The Labute approximate surface area is 102 Å². The van der Waals surface area contributed by atoms with Crippen LogP contribution in [-0.2, 0) is 6.54 Å². The van der Waals surface area contributed by atoms with Crippen LogP contribution in [0.5, 0.6) is 0 Å². The van der Waals surface area contributed by atoms with E-state index in [2.05, 4.69) is 9.80 Å². The van der Waals surface area contributed by atoms with Crippen LogP contribution in [-0.4, -0.2) is 43.5 Å². The number of hydrogen-bond donors (Lipinski definition) is 0. The molecule has 0 radical (unpaired) electrons. The van der Waals surface area contributed by atoms with Crippen molar-refractivity contribution in [2.24, 2.45) is 0 Å². The molecule has 0 N–H and O–H groups in total. The molecule has 0 saturated carbocycles. The largest absolute Gasteiger partial charge is 0.308 e. The fourth-order valence-corrected chi connectivity index (χ4v) is 1.58. The van der Waals surface area contributed by atoms with Gasteiger partial charge in [0.1, 0.15) is 11.6 Å². The summed E-state index contributed by atoms with van der Waals surface area (Å²) in [6, 6.07) is 3.76. The van der Waals surface area contributed by atoms with Gasteiger partial charge in [0.25, 0.3) is 0 Å². The number of benzene rings is 1. The molecule has 0 saturated heterocycles. The molecule has 1 aromatic rings. The van der Waals surface area contributed by atoms with Crippen molar-refractivity contribution in [3.05, 3.63) is 35.4 Å². The highest BCUT2D eigenvalue weighted by Gasteiger charge is 2.08. The predicted molar refractivity (Wildman–Crippen MR) is 65.9 cm³/mol. The molecule has 0 aromatic heterocycles. The fourth-order valence-electron chi connectivity index (χ4n) is 1.58. The Morgan fingerprint density at radius 3 is 2.35 bits per heavy atom. The zero-order chi connectivity index (χ0) is 12.8. The van der Waals surface area contributed by atoms with E-state index in [0.29, 0.717) is 12.1 Å². The summed E-state index contributed by atoms with van der Waals surface area (Å²) >= 11 is 0. The Morgan fingerprint density at radius 2 is 1.82 bits per heavy atom. The average molecular weight is 242 g/mol. The summed E-state index contributed by atoms with van der Waals surface area (Å²) in [5, 5.41) is 0. The van der Waals surface area contributed by atoms with Crippen molar-refractivity contribution in [1.82, 2.24) is 9.80 Å². The standard InChI is InChI=1S/C13H20F2N2/c1-4-17(8-7-16(2)3)10-11-5-6-12(14)9-13(11)15/h5-6,9H,4,7-8,10H2,1-3H3. The van der Waals surface area contributed by atoms with Gasteiger partial charge in [-0.2, -0.15) is 0 Å². The third-order valence-electron chi connectivity index (χ3n) is 2.72. The Kier molecular flexibility index (Phi) is 5.51. The molecule has 0 heterocycles. The summed E-state index contributed by atoms with van der Waals surface area (Å²) in [5.41, 5.74) is 0.548. The minimum Gasteiger partial charge on any atom is -0.308 e. The van der Waals surface area contributed by atoms with E-state index >= 15 is 0 Å². The van der Waals surface area contributed by atoms with E-state index in [-0.39, 0.29) is 0 Å². The molecule has 0 fully saturated rings. The van der Waals surface area contributed by atoms with Gasteiger partial charge in [-0.15, -0.1) is 0 Å². The van der Waals surface area contributed by atoms with Gasteiger partial charge in [0.15, 0.2) is 0 Å². The third-order valence-corrected chi connectivity index (χ3v) is 2.72. The highest BCUT2D eigenvalue weighted by Crippen LogP contribution is 2.12. The molecule has 0 unspecified atom stereocenters. The molecule has 0 bridgehead atoms. The Morgan fingerprint density at radius 1 is 1.12 bits per heavy atom. The number of hydrogen-bond acceptors (Lipinski definition) is 2. The second-order valence-corrected chi connectivity index (χ2v) is 4.41. The Bertz CT molecular complexity index is 353. The Hall–Kier alpha value is -1.00. The quantitative estimate of drug-likeness (QED) is 0.755. The number of nitrogens with zero attached hydrogens (tertiary/aromatic N) is 2. The topological polar surface area (TPSA) is 6.48 Å². The first-order valence-corrected chi connectivity index (χ1v) is 5.84. The molecule has 17 heavy (non-hydrogen) atoms. The second kappa shape index (κ2) is 6.67. The lowest BCUT2D eigenvalue weighted by atomic mass is 10.2. The zero-order valence-corrected chi connectivity index (χ0v) is 10.7. The van der Waals surface area contributed by atoms with E-state index in [1.54, 1.807) is 0 Å². The first-order valence-electron chi connectivity index (χ1n) is 5.84. The maximum absolute atomic E-state index is 13.5. The lowest BCUT2D eigenvalue weighted by molar-refractivity contribution is 0.241. The van der Waals surface area contributed by atoms with Crippen molar-refractivity contribution in [3.63, 3.8) is 0 Å². The zero-order valence-electron chi connectivity index (χ0n) is 10.7. The minimum absolute atomic E-state index is 0.465. The van der Waals surface area contributed by atoms with Crippen LogP contribution in [0, 0.1) is 11.6 Å². The highest BCUT2D eigenvalue weighted by molar-refractivity contribution is 5.18. The summed E-state index contributed by atoms with van der Waals surface area (Å²) in [6.07, 6.45) is 0. The normalized spacial score (nSPS) is 11.5. The van der Waals surface area contributed by atoms with Crippen LogP contribution in [0.2, 0.25) is 0 Å². The number of halogens is 2. The lowest BCUT2D eigenvalue weighted by Gasteiger charge is -2.22. The maximum Gasteiger partial charge on any atom is 0.130 e. The molecule has 1 rings (SSSR count). The molecule has 2 nitrogen and oxygen atoms in total. The molecular weight excluding hydrogens is 222 g/mol. The molecule has 0 spiro atoms. The molecule has 1 aromatic carbocycles. The van der Waals surface area contributed by atoms with E-state index < -0.39 is 11.6 Å². The molecule has 0 aliphatic carbocycles. The average Bonchev–Trinajstić information content (AvgIpc) is 2.26. The third kappa shape index (κ3) is 4.79. The second-order valence-electron chi connectivity index (χ2n) is 4.41. The molecule has 0 amide bonds. The van der Waals surface area contributed by atoms with Crippen molar-refractivity contribution in [2.45, 2.75) is 13.5 Å². The van der Waals surface area contributed by atoms with Crippen molar-refractivity contribution in [2.75, 3.05) is 33.7 Å². The SMILES string of the molecule is CCN(CCN(C)C)Cc1ccc(F)cc1F. The lowest BCUT2D eigenvalue weighted by Crippen LogP contribution is -2.31. The molecule has 0 atom stereocenters. The van der Waals surface area contributed by atoms with E-state index in [9.17, 15) is 8.78 Å². The summed E-state index contributed by atoms with van der Waals surface area (Å²) in [6.45, 7) is 5.22. The van der Waals surface area contributed by atoms with Crippen molar-refractivity contribution in [1.29, 1.82) is 0 Å². The van der Waals surface area contributed by atoms with Crippen molar-refractivity contribution >= 4 is 0 Å². The summed E-state index contributed by atoms with van der Waals surface area (Å²) in [5.74, 6) is -0.990. The van der Waals surface area contributed by atoms with Gasteiger partial charge in [-0.25, -0.2) is 8.78 Å². The van der Waals surface area contributed by atoms with Gasteiger partial charge >= 0.3 is 0 Å². The molecule has 4 heteroatoms. The van der Waals surface area contributed by atoms with Gasteiger partial charge < -0.3 is 4.90 Å². The van der Waals surface area contributed by atoms with Crippen LogP contribution in [0.1, 0.15) is 12.5 Å². The van der Waals surface area contributed by atoms with Crippen LogP contribution in [0.4, 0.5) is 8.78 Å². The predicted octanol–water partition coefficient (Wildman–Crippen LogP) is 2.35. The molecule has 96 valence electrons. The minimum atomic E-state index is -0.525. The van der Waals surface area contributed by atoms with E-state index in [1.807, 2.05) is 21.0 Å². The van der Waals surface area contributed by atoms with Crippen LogP contribution in [0.15, 0.2) is 18.2 Å². The first kappa shape index (κ1) is 14.1. The monoisotopic (exact) mass is 242 g/mol. The van der Waals surface area contributed by atoms with Gasteiger partial charge in [0.2, 0.25) is 0 Å². The number of rotatable bonds is 6. The fraction of sp³-hybridized carbons (Fsp3) is 0.538. The number of likely N-dealkylation sites (N-methyl/N-ethyl adjacent to an activating group) is 2. The van der Waals surface area contributed by atoms with Gasteiger partial charge in [0.05, 0.1) is 0 Å². The summed E-state index contributed by atoms with van der Waals surface area (Å²) in [4.78, 5) is 4.22. The van der Waals surface area contributed by atoms with Gasteiger partial charge in [-0.05, 0) is 26.7 Å². The molecule has 0 aliphatic rings. The Balaban J connectivity index is 2.60. The summed E-state index contributed by atoms with van der Waals surface area (Å²) < 4.78 is 26.2.